The second kappa shape index (κ2) is 6.98. The van der Waals surface area contributed by atoms with Crippen molar-refractivity contribution in [3.05, 3.63) is 24.0 Å². The predicted molar refractivity (Wildman–Crippen MR) is 84.8 cm³/mol. The second-order valence-electron chi connectivity index (χ2n) is 5.48. The first kappa shape index (κ1) is 15.2. The standard InChI is InChI=1S/C16H23ClN2O/c1-12(2)6-5-11-19-13-7-4-8-14(20-3)16(13)18-15(19)9-10-17/h4,7-8,12H,5-6,9-11H2,1-3H3. The van der Waals surface area contributed by atoms with E-state index >= 15 is 0 Å². The molecular formula is C16H23ClN2O. The number of hydrogen-bond donors (Lipinski definition) is 0. The van der Waals surface area contributed by atoms with Crippen molar-refractivity contribution in [2.24, 2.45) is 5.92 Å². The van der Waals surface area contributed by atoms with E-state index in [9.17, 15) is 0 Å². The van der Waals surface area contributed by atoms with Crippen LogP contribution in [-0.4, -0.2) is 22.5 Å². The zero-order valence-electron chi connectivity index (χ0n) is 12.5. The first-order valence-electron chi connectivity index (χ1n) is 7.25. The fourth-order valence-electron chi connectivity index (χ4n) is 2.52. The number of fused-ring (bicyclic) bond motifs is 1. The smallest absolute Gasteiger partial charge is 0.146 e. The van der Waals surface area contributed by atoms with E-state index in [0.717, 1.165) is 47.9 Å². The van der Waals surface area contributed by atoms with Gasteiger partial charge < -0.3 is 9.30 Å². The summed E-state index contributed by atoms with van der Waals surface area (Å²) in [5.41, 5.74) is 2.09. The largest absolute Gasteiger partial charge is 0.494 e. The summed E-state index contributed by atoms with van der Waals surface area (Å²) in [7, 11) is 1.69. The van der Waals surface area contributed by atoms with E-state index in [0.29, 0.717) is 5.88 Å². The lowest BCUT2D eigenvalue weighted by atomic mass is 10.1. The Balaban J connectivity index is 2.35. The van der Waals surface area contributed by atoms with E-state index in [1.54, 1.807) is 7.11 Å². The molecule has 0 atom stereocenters. The van der Waals surface area contributed by atoms with Crippen molar-refractivity contribution in [3.8, 4) is 5.75 Å². The maximum atomic E-state index is 5.91. The summed E-state index contributed by atoms with van der Waals surface area (Å²) < 4.78 is 7.70. The number of halogens is 1. The summed E-state index contributed by atoms with van der Waals surface area (Å²) in [5.74, 6) is 3.22. The molecule has 0 saturated carbocycles. The summed E-state index contributed by atoms with van der Waals surface area (Å²) in [4.78, 5) is 4.72. The van der Waals surface area contributed by atoms with Crippen molar-refractivity contribution >= 4 is 22.6 Å². The van der Waals surface area contributed by atoms with Crippen molar-refractivity contribution in [2.45, 2.75) is 39.7 Å². The van der Waals surface area contributed by atoms with Gasteiger partial charge in [0.2, 0.25) is 0 Å². The Labute approximate surface area is 125 Å². The van der Waals surface area contributed by atoms with Crippen molar-refractivity contribution in [3.63, 3.8) is 0 Å². The molecule has 1 aromatic carbocycles. The van der Waals surface area contributed by atoms with E-state index in [1.165, 1.54) is 6.42 Å². The molecule has 0 radical (unpaired) electrons. The SMILES string of the molecule is COc1cccc2c1nc(CCCl)n2CCCC(C)C. The molecule has 0 N–H and O–H groups in total. The number of para-hydroxylation sites is 1. The molecule has 0 aliphatic carbocycles. The molecule has 110 valence electrons. The third-order valence-electron chi connectivity index (χ3n) is 3.52. The third kappa shape index (κ3) is 3.26. The Kier molecular flexibility index (Phi) is 5.30. The maximum Gasteiger partial charge on any atom is 0.146 e. The minimum atomic E-state index is 0.593. The highest BCUT2D eigenvalue weighted by molar-refractivity contribution is 6.17. The van der Waals surface area contributed by atoms with Crippen LogP contribution >= 0.6 is 11.6 Å². The van der Waals surface area contributed by atoms with Crippen LogP contribution in [0, 0.1) is 5.92 Å². The average Bonchev–Trinajstić information content (AvgIpc) is 2.77. The Hall–Kier alpha value is -1.22. The molecule has 0 aliphatic rings. The van der Waals surface area contributed by atoms with Crippen molar-refractivity contribution in [1.29, 1.82) is 0 Å². The van der Waals surface area contributed by atoms with Gasteiger partial charge in [0.05, 0.1) is 12.6 Å². The van der Waals surface area contributed by atoms with Gasteiger partial charge in [0, 0.05) is 18.8 Å². The van der Waals surface area contributed by atoms with Crippen LogP contribution in [0.4, 0.5) is 0 Å². The molecule has 0 saturated heterocycles. The fourth-order valence-corrected chi connectivity index (χ4v) is 2.69. The molecule has 0 aliphatic heterocycles. The molecular weight excluding hydrogens is 272 g/mol. The Morgan fingerprint density at radius 2 is 2.15 bits per heavy atom. The van der Waals surface area contributed by atoms with Gasteiger partial charge in [-0.2, -0.15) is 0 Å². The van der Waals surface area contributed by atoms with E-state index in [2.05, 4.69) is 24.5 Å². The monoisotopic (exact) mass is 294 g/mol. The number of nitrogens with zero attached hydrogens (tertiary/aromatic N) is 2. The summed E-state index contributed by atoms with van der Waals surface area (Å²) in [6, 6.07) is 6.09. The zero-order chi connectivity index (χ0) is 14.5. The number of alkyl halides is 1. The third-order valence-corrected chi connectivity index (χ3v) is 3.71. The van der Waals surface area contributed by atoms with Crippen LogP contribution in [-0.2, 0) is 13.0 Å². The second-order valence-corrected chi connectivity index (χ2v) is 5.86. The van der Waals surface area contributed by atoms with Gasteiger partial charge in [-0.25, -0.2) is 4.98 Å². The van der Waals surface area contributed by atoms with Crippen LogP contribution in [0.2, 0.25) is 0 Å². The number of methoxy groups -OCH3 is 1. The molecule has 20 heavy (non-hydrogen) atoms. The van der Waals surface area contributed by atoms with Gasteiger partial charge in [-0.1, -0.05) is 19.9 Å². The fraction of sp³-hybridized carbons (Fsp3) is 0.562. The molecule has 2 rings (SSSR count). The van der Waals surface area contributed by atoms with Gasteiger partial charge in [-0.3, -0.25) is 0 Å². The molecule has 0 spiro atoms. The van der Waals surface area contributed by atoms with E-state index in [1.807, 2.05) is 12.1 Å². The highest BCUT2D eigenvalue weighted by Crippen LogP contribution is 2.26. The number of ether oxygens (including phenoxy) is 1. The van der Waals surface area contributed by atoms with Gasteiger partial charge >= 0.3 is 0 Å². The number of aryl methyl sites for hydroxylation is 2. The van der Waals surface area contributed by atoms with Gasteiger partial charge in [0.25, 0.3) is 0 Å². The highest BCUT2D eigenvalue weighted by atomic mass is 35.5. The molecule has 1 aromatic heterocycles. The lowest BCUT2D eigenvalue weighted by Crippen LogP contribution is -2.05. The molecule has 1 heterocycles. The normalized spacial score (nSPS) is 11.4. The Morgan fingerprint density at radius 3 is 2.80 bits per heavy atom. The summed E-state index contributed by atoms with van der Waals surface area (Å²) in [6.07, 6.45) is 3.18. The first-order chi connectivity index (χ1) is 9.67. The van der Waals surface area contributed by atoms with Crippen molar-refractivity contribution in [1.82, 2.24) is 9.55 Å². The lowest BCUT2D eigenvalue weighted by molar-refractivity contribution is 0.419. The Bertz CT molecular complexity index is 563. The molecule has 0 fully saturated rings. The number of hydrogen-bond acceptors (Lipinski definition) is 2. The van der Waals surface area contributed by atoms with Crippen molar-refractivity contribution in [2.75, 3.05) is 13.0 Å². The van der Waals surface area contributed by atoms with Gasteiger partial charge in [-0.15, -0.1) is 11.6 Å². The first-order valence-corrected chi connectivity index (χ1v) is 7.79. The summed E-state index contributed by atoms with van der Waals surface area (Å²) >= 11 is 5.91. The zero-order valence-corrected chi connectivity index (χ0v) is 13.3. The topological polar surface area (TPSA) is 27.1 Å². The summed E-state index contributed by atoms with van der Waals surface area (Å²) in [6.45, 7) is 5.51. The van der Waals surface area contributed by atoms with Crippen LogP contribution in [0.15, 0.2) is 18.2 Å². The van der Waals surface area contributed by atoms with Gasteiger partial charge in [-0.05, 0) is 30.9 Å². The van der Waals surface area contributed by atoms with Gasteiger partial charge in [0.1, 0.15) is 17.1 Å². The van der Waals surface area contributed by atoms with Gasteiger partial charge in [0.15, 0.2) is 0 Å². The Morgan fingerprint density at radius 1 is 1.35 bits per heavy atom. The van der Waals surface area contributed by atoms with Crippen LogP contribution < -0.4 is 4.74 Å². The van der Waals surface area contributed by atoms with Crippen LogP contribution in [0.25, 0.3) is 11.0 Å². The van der Waals surface area contributed by atoms with Crippen molar-refractivity contribution < 1.29 is 4.74 Å². The van der Waals surface area contributed by atoms with Crippen LogP contribution in [0.1, 0.15) is 32.5 Å². The number of rotatable bonds is 7. The van der Waals surface area contributed by atoms with E-state index in [-0.39, 0.29) is 0 Å². The highest BCUT2D eigenvalue weighted by Gasteiger charge is 2.13. The number of imidazole rings is 1. The molecule has 0 unspecified atom stereocenters. The molecule has 2 aromatic rings. The maximum absolute atomic E-state index is 5.91. The number of aromatic nitrogens is 2. The lowest BCUT2D eigenvalue weighted by Gasteiger charge is -2.10. The molecule has 0 amide bonds. The van der Waals surface area contributed by atoms with E-state index in [4.69, 9.17) is 21.3 Å². The van der Waals surface area contributed by atoms with Crippen LogP contribution in [0.3, 0.4) is 0 Å². The van der Waals surface area contributed by atoms with E-state index < -0.39 is 0 Å². The molecule has 0 bridgehead atoms. The minimum Gasteiger partial charge on any atom is -0.494 e. The molecule has 4 heteroatoms. The average molecular weight is 295 g/mol. The molecule has 3 nitrogen and oxygen atoms in total. The quantitative estimate of drug-likeness (QED) is 0.713. The summed E-state index contributed by atoms with van der Waals surface area (Å²) in [5, 5.41) is 0. The number of benzene rings is 1. The van der Waals surface area contributed by atoms with Crippen LogP contribution in [0.5, 0.6) is 5.75 Å². The minimum absolute atomic E-state index is 0.593. The predicted octanol–water partition coefficient (Wildman–Crippen LogP) is 4.26.